The molecule has 0 aliphatic carbocycles. The van der Waals surface area contributed by atoms with E-state index in [1.807, 2.05) is 26.0 Å². The minimum Gasteiger partial charge on any atom is -0.383 e. The van der Waals surface area contributed by atoms with E-state index in [0.717, 1.165) is 36.1 Å². The summed E-state index contributed by atoms with van der Waals surface area (Å²) in [5, 5.41) is 11.5. The Hall–Kier alpha value is -1.23. The van der Waals surface area contributed by atoms with Crippen molar-refractivity contribution in [3.63, 3.8) is 0 Å². The summed E-state index contributed by atoms with van der Waals surface area (Å²) >= 11 is 5.00. The third-order valence-electron chi connectivity index (χ3n) is 3.61. The zero-order valence-corrected chi connectivity index (χ0v) is 14.1. The predicted octanol–water partition coefficient (Wildman–Crippen LogP) is 5.50. The molecule has 0 aliphatic heterocycles. The molecule has 0 bridgehead atoms. The summed E-state index contributed by atoms with van der Waals surface area (Å²) in [5.41, 5.74) is 3.06. The van der Waals surface area contributed by atoms with Crippen LogP contribution in [0.15, 0.2) is 40.9 Å². The Balaban J connectivity index is 2.07. The van der Waals surface area contributed by atoms with Crippen molar-refractivity contribution in [3.05, 3.63) is 68.3 Å². The molecule has 0 fully saturated rings. The van der Waals surface area contributed by atoms with Crippen molar-refractivity contribution >= 4 is 37.4 Å². The van der Waals surface area contributed by atoms with E-state index in [9.17, 15) is 9.50 Å². The molecule has 3 aromatic rings. The number of halogens is 2. The summed E-state index contributed by atoms with van der Waals surface area (Å²) in [7, 11) is 0. The van der Waals surface area contributed by atoms with Crippen molar-refractivity contribution in [3.8, 4) is 0 Å². The largest absolute Gasteiger partial charge is 0.383 e. The number of aliphatic hydroxyl groups excluding tert-OH is 1. The molecule has 21 heavy (non-hydrogen) atoms. The molecular weight excluding hydrogens is 351 g/mol. The van der Waals surface area contributed by atoms with E-state index in [-0.39, 0.29) is 5.82 Å². The highest BCUT2D eigenvalue weighted by Crippen LogP contribution is 2.36. The molecule has 0 spiro atoms. The van der Waals surface area contributed by atoms with Gasteiger partial charge in [0.25, 0.3) is 0 Å². The molecule has 4 heteroatoms. The number of hydrogen-bond acceptors (Lipinski definition) is 2. The van der Waals surface area contributed by atoms with Gasteiger partial charge in [-0.3, -0.25) is 0 Å². The lowest BCUT2D eigenvalue weighted by Crippen LogP contribution is -2.00. The number of benzene rings is 2. The molecule has 0 radical (unpaired) electrons. The molecule has 0 saturated carbocycles. The second-order valence-electron chi connectivity index (χ2n) is 5.19. The Morgan fingerprint density at radius 2 is 1.86 bits per heavy atom. The van der Waals surface area contributed by atoms with Gasteiger partial charge in [0, 0.05) is 14.0 Å². The quantitative estimate of drug-likeness (QED) is 0.636. The highest BCUT2D eigenvalue weighted by molar-refractivity contribution is 9.10. The van der Waals surface area contributed by atoms with Crippen LogP contribution in [0.3, 0.4) is 0 Å². The van der Waals surface area contributed by atoms with E-state index in [4.69, 9.17) is 0 Å². The Morgan fingerprint density at radius 3 is 2.62 bits per heavy atom. The van der Waals surface area contributed by atoms with Crippen molar-refractivity contribution in [2.45, 2.75) is 20.0 Å². The first kappa shape index (κ1) is 14.7. The van der Waals surface area contributed by atoms with Crippen molar-refractivity contribution in [1.82, 2.24) is 0 Å². The summed E-state index contributed by atoms with van der Waals surface area (Å²) < 4.78 is 15.2. The zero-order chi connectivity index (χ0) is 15.1. The molecule has 1 heterocycles. The van der Waals surface area contributed by atoms with Crippen LogP contribution in [0.4, 0.5) is 4.39 Å². The van der Waals surface area contributed by atoms with Crippen LogP contribution in [-0.2, 0) is 0 Å². The summed E-state index contributed by atoms with van der Waals surface area (Å²) in [6.07, 6.45) is -0.692. The predicted molar refractivity (Wildman–Crippen MR) is 89.5 cm³/mol. The second kappa shape index (κ2) is 5.52. The van der Waals surface area contributed by atoms with Crippen molar-refractivity contribution < 1.29 is 9.50 Å². The summed E-state index contributed by atoms with van der Waals surface area (Å²) in [4.78, 5) is 0.828. The molecule has 1 atom stereocenters. The average molecular weight is 365 g/mol. The van der Waals surface area contributed by atoms with E-state index in [0.29, 0.717) is 0 Å². The maximum Gasteiger partial charge on any atom is 0.123 e. The highest BCUT2D eigenvalue weighted by Gasteiger charge is 2.17. The Kier molecular flexibility index (Phi) is 3.86. The van der Waals surface area contributed by atoms with Crippen LogP contribution in [0.25, 0.3) is 10.1 Å². The molecule has 0 saturated heterocycles. The van der Waals surface area contributed by atoms with E-state index in [1.165, 1.54) is 23.5 Å². The lowest BCUT2D eigenvalue weighted by Gasteiger charge is -2.14. The molecule has 0 aliphatic rings. The minimum atomic E-state index is -0.692. The van der Waals surface area contributed by atoms with Gasteiger partial charge >= 0.3 is 0 Å². The minimum absolute atomic E-state index is 0.254. The van der Waals surface area contributed by atoms with Gasteiger partial charge in [0.05, 0.1) is 0 Å². The first-order chi connectivity index (χ1) is 9.95. The molecule has 1 aromatic heterocycles. The van der Waals surface area contributed by atoms with E-state index in [1.54, 1.807) is 6.07 Å². The SMILES string of the molecule is Cc1cc(C)c(C(O)c2cc3cc(F)ccc3s2)cc1Br. The fraction of sp³-hybridized carbons (Fsp3) is 0.176. The lowest BCUT2D eigenvalue weighted by molar-refractivity contribution is 0.223. The Labute approximate surface area is 135 Å². The van der Waals surface area contributed by atoms with Gasteiger partial charge < -0.3 is 5.11 Å². The normalized spacial score (nSPS) is 12.8. The molecule has 108 valence electrons. The van der Waals surface area contributed by atoms with Crippen LogP contribution in [0.5, 0.6) is 0 Å². The van der Waals surface area contributed by atoms with Gasteiger partial charge in [-0.2, -0.15) is 0 Å². The first-order valence-electron chi connectivity index (χ1n) is 6.59. The van der Waals surface area contributed by atoms with E-state index >= 15 is 0 Å². The van der Waals surface area contributed by atoms with Gasteiger partial charge in [0.15, 0.2) is 0 Å². The number of aliphatic hydroxyl groups is 1. The number of rotatable bonds is 2. The van der Waals surface area contributed by atoms with Gasteiger partial charge in [-0.25, -0.2) is 4.39 Å². The van der Waals surface area contributed by atoms with Crippen molar-refractivity contribution in [1.29, 1.82) is 0 Å². The summed E-state index contributed by atoms with van der Waals surface area (Å²) in [6, 6.07) is 10.6. The monoisotopic (exact) mass is 364 g/mol. The molecule has 3 rings (SSSR count). The number of aryl methyl sites for hydroxylation is 2. The second-order valence-corrected chi connectivity index (χ2v) is 7.16. The maximum absolute atomic E-state index is 13.3. The summed E-state index contributed by atoms with van der Waals surface area (Å²) in [5.74, 6) is -0.254. The zero-order valence-electron chi connectivity index (χ0n) is 11.7. The number of fused-ring (bicyclic) bond motifs is 1. The molecule has 0 amide bonds. The third-order valence-corrected chi connectivity index (χ3v) is 5.63. The average Bonchev–Trinajstić information content (AvgIpc) is 2.85. The molecule has 1 unspecified atom stereocenters. The van der Waals surface area contributed by atoms with Gasteiger partial charge in [0.1, 0.15) is 11.9 Å². The summed E-state index contributed by atoms with van der Waals surface area (Å²) in [6.45, 7) is 4.01. The van der Waals surface area contributed by atoms with Crippen LogP contribution in [0.1, 0.15) is 27.7 Å². The molecular formula is C17H14BrFOS. The molecule has 2 aromatic carbocycles. The number of thiophene rings is 1. The fourth-order valence-electron chi connectivity index (χ4n) is 2.46. The molecule has 1 nitrogen and oxygen atoms in total. The van der Waals surface area contributed by atoms with Gasteiger partial charge in [0.2, 0.25) is 0 Å². The topological polar surface area (TPSA) is 20.2 Å². The third kappa shape index (κ3) is 2.76. The number of hydrogen-bond donors (Lipinski definition) is 1. The van der Waals surface area contributed by atoms with Gasteiger partial charge in [-0.1, -0.05) is 22.0 Å². The van der Waals surface area contributed by atoms with Gasteiger partial charge in [-0.15, -0.1) is 11.3 Å². The lowest BCUT2D eigenvalue weighted by atomic mass is 10.00. The standard InChI is InChI=1S/C17H14BrFOS/c1-9-5-10(2)14(18)8-13(9)17(20)16-7-11-6-12(19)3-4-15(11)21-16/h3-8,17,20H,1-2H3. The smallest absolute Gasteiger partial charge is 0.123 e. The molecule has 1 N–H and O–H groups in total. The Morgan fingerprint density at radius 1 is 1.10 bits per heavy atom. The van der Waals surface area contributed by atoms with E-state index in [2.05, 4.69) is 22.0 Å². The van der Waals surface area contributed by atoms with Crippen LogP contribution in [0.2, 0.25) is 0 Å². The van der Waals surface area contributed by atoms with Crippen LogP contribution >= 0.6 is 27.3 Å². The van der Waals surface area contributed by atoms with Gasteiger partial charge in [-0.05, 0) is 66.3 Å². The van der Waals surface area contributed by atoms with Crippen molar-refractivity contribution in [2.75, 3.05) is 0 Å². The van der Waals surface area contributed by atoms with Crippen LogP contribution < -0.4 is 0 Å². The maximum atomic E-state index is 13.3. The first-order valence-corrected chi connectivity index (χ1v) is 8.20. The fourth-order valence-corrected chi connectivity index (χ4v) is 3.87. The Bertz CT molecular complexity index is 825. The van der Waals surface area contributed by atoms with Crippen molar-refractivity contribution in [2.24, 2.45) is 0 Å². The highest BCUT2D eigenvalue weighted by atomic mass is 79.9. The van der Waals surface area contributed by atoms with Crippen LogP contribution in [0, 0.1) is 19.7 Å². The van der Waals surface area contributed by atoms with Crippen LogP contribution in [-0.4, -0.2) is 5.11 Å². The van der Waals surface area contributed by atoms with E-state index < -0.39 is 6.10 Å².